The largest absolute Gasteiger partial charge is 0.314 e. The van der Waals surface area contributed by atoms with E-state index in [2.05, 4.69) is 35.9 Å². The van der Waals surface area contributed by atoms with Crippen molar-refractivity contribution in [2.24, 2.45) is 0 Å². The number of nitrogens with zero attached hydrogens (tertiary/aromatic N) is 2. The molecule has 4 heteroatoms. The third-order valence-electron chi connectivity index (χ3n) is 4.02. The van der Waals surface area contributed by atoms with Crippen molar-refractivity contribution in [3.05, 3.63) is 16.9 Å². The molecule has 1 aromatic rings. The van der Waals surface area contributed by atoms with E-state index in [1.165, 1.54) is 37.8 Å². The molecule has 108 valence electrons. The van der Waals surface area contributed by atoms with Crippen LogP contribution < -0.4 is 5.32 Å². The van der Waals surface area contributed by atoms with Crippen LogP contribution >= 0.6 is 11.6 Å². The van der Waals surface area contributed by atoms with E-state index >= 15 is 0 Å². The lowest BCUT2D eigenvalue weighted by atomic mass is 9.83. The fraction of sp³-hybridized carbons (Fsp3) is 0.800. The molecular weight excluding hydrogens is 258 g/mol. The van der Waals surface area contributed by atoms with E-state index in [-0.39, 0.29) is 0 Å². The van der Waals surface area contributed by atoms with E-state index in [4.69, 9.17) is 11.6 Å². The van der Waals surface area contributed by atoms with Crippen LogP contribution in [-0.4, -0.2) is 22.4 Å². The molecule has 19 heavy (non-hydrogen) atoms. The number of nitrogens with one attached hydrogen (secondary N) is 1. The van der Waals surface area contributed by atoms with Gasteiger partial charge in [0.1, 0.15) is 0 Å². The van der Waals surface area contributed by atoms with Gasteiger partial charge in [-0.05, 0) is 46.1 Å². The number of aromatic nitrogens is 2. The minimum absolute atomic E-state index is 0.381. The minimum atomic E-state index is 0.381. The lowest BCUT2D eigenvalue weighted by Gasteiger charge is -2.31. The molecule has 0 amide bonds. The second-order valence-corrected chi connectivity index (χ2v) is 6.34. The summed E-state index contributed by atoms with van der Waals surface area (Å²) in [5.74, 6) is 0.556. The molecule has 0 spiro atoms. The number of hydrogen-bond acceptors (Lipinski definition) is 2. The van der Waals surface area contributed by atoms with Crippen LogP contribution in [0.4, 0.5) is 0 Å². The first-order valence-electron chi connectivity index (χ1n) is 7.59. The Bertz CT molecular complexity index is 400. The second-order valence-electron chi connectivity index (χ2n) is 5.93. The van der Waals surface area contributed by atoms with Gasteiger partial charge in [-0.25, -0.2) is 0 Å². The molecule has 1 aliphatic carbocycles. The van der Waals surface area contributed by atoms with E-state index < -0.39 is 0 Å². The molecule has 1 fully saturated rings. The van der Waals surface area contributed by atoms with Gasteiger partial charge >= 0.3 is 0 Å². The number of hydrogen-bond donors (Lipinski definition) is 1. The molecular formula is C15H26ClN3. The first kappa shape index (κ1) is 14.9. The maximum absolute atomic E-state index is 6.37. The lowest BCUT2D eigenvalue weighted by Crippen LogP contribution is -2.34. The van der Waals surface area contributed by atoms with Gasteiger partial charge < -0.3 is 5.32 Å². The van der Waals surface area contributed by atoms with E-state index in [1.54, 1.807) is 6.20 Å². The van der Waals surface area contributed by atoms with Gasteiger partial charge in [0, 0.05) is 18.0 Å². The van der Waals surface area contributed by atoms with E-state index in [9.17, 15) is 0 Å². The summed E-state index contributed by atoms with van der Waals surface area (Å²) in [5, 5.41) is 8.94. The highest BCUT2D eigenvalue weighted by atomic mass is 35.5. The normalized spacial score (nSPS) is 24.1. The summed E-state index contributed by atoms with van der Waals surface area (Å²) in [6.45, 7) is 7.68. The van der Waals surface area contributed by atoms with Gasteiger partial charge in [-0.2, -0.15) is 5.10 Å². The topological polar surface area (TPSA) is 29.9 Å². The standard InChI is InChI=1S/C15H26ClN3/c1-4-8-17-13-7-5-6-12(9-13)15-14(16)10-18-19(15)11(2)3/h10-13,17H,4-9H2,1-3H3. The zero-order valence-electron chi connectivity index (χ0n) is 12.3. The molecule has 0 bridgehead atoms. The van der Waals surface area contributed by atoms with Crippen molar-refractivity contribution >= 4 is 11.6 Å². The molecule has 1 aliphatic rings. The third kappa shape index (κ3) is 3.51. The van der Waals surface area contributed by atoms with Gasteiger partial charge in [0.15, 0.2) is 0 Å². The molecule has 3 nitrogen and oxygen atoms in total. The van der Waals surface area contributed by atoms with Crippen molar-refractivity contribution in [3.63, 3.8) is 0 Å². The monoisotopic (exact) mass is 283 g/mol. The summed E-state index contributed by atoms with van der Waals surface area (Å²) in [4.78, 5) is 0. The Kier molecular flexibility index (Phi) is 5.28. The van der Waals surface area contributed by atoms with Crippen molar-refractivity contribution in [2.75, 3.05) is 6.54 Å². The highest BCUT2D eigenvalue weighted by Crippen LogP contribution is 2.37. The molecule has 0 aliphatic heterocycles. The van der Waals surface area contributed by atoms with Gasteiger partial charge in [-0.15, -0.1) is 0 Å². The summed E-state index contributed by atoms with van der Waals surface area (Å²) in [5.41, 5.74) is 1.25. The number of rotatable bonds is 5. The predicted molar refractivity (Wildman–Crippen MR) is 80.9 cm³/mol. The third-order valence-corrected chi connectivity index (χ3v) is 4.31. The molecule has 0 radical (unpaired) electrons. The fourth-order valence-corrected chi connectivity index (χ4v) is 3.40. The maximum Gasteiger partial charge on any atom is 0.0820 e. The average Bonchev–Trinajstić information content (AvgIpc) is 2.79. The first-order valence-corrected chi connectivity index (χ1v) is 7.97. The second kappa shape index (κ2) is 6.76. The van der Waals surface area contributed by atoms with Crippen molar-refractivity contribution in [1.82, 2.24) is 15.1 Å². The van der Waals surface area contributed by atoms with Crippen molar-refractivity contribution in [2.45, 2.75) is 70.9 Å². The van der Waals surface area contributed by atoms with Crippen LogP contribution in [0.15, 0.2) is 6.20 Å². The SMILES string of the molecule is CCCNC1CCCC(c2c(Cl)cnn2C(C)C)C1. The van der Waals surface area contributed by atoms with Crippen molar-refractivity contribution in [3.8, 4) is 0 Å². The Morgan fingerprint density at radius 1 is 1.47 bits per heavy atom. The van der Waals surface area contributed by atoms with Crippen LogP contribution in [0.2, 0.25) is 5.02 Å². The van der Waals surface area contributed by atoms with Crippen molar-refractivity contribution < 1.29 is 0 Å². The Hall–Kier alpha value is -0.540. The Balaban J connectivity index is 2.10. The molecule has 1 aromatic heterocycles. The minimum Gasteiger partial charge on any atom is -0.314 e. The Morgan fingerprint density at radius 3 is 2.95 bits per heavy atom. The fourth-order valence-electron chi connectivity index (χ4n) is 3.12. The average molecular weight is 284 g/mol. The Morgan fingerprint density at radius 2 is 2.26 bits per heavy atom. The molecule has 1 saturated carbocycles. The van der Waals surface area contributed by atoms with Crippen molar-refractivity contribution in [1.29, 1.82) is 0 Å². The summed E-state index contributed by atoms with van der Waals surface area (Å²) in [6.07, 6.45) is 8.02. The molecule has 0 saturated heterocycles. The van der Waals surface area contributed by atoms with E-state index in [0.717, 1.165) is 11.6 Å². The molecule has 2 atom stereocenters. The van der Waals surface area contributed by atoms with Gasteiger partial charge in [0.2, 0.25) is 0 Å². The zero-order valence-corrected chi connectivity index (χ0v) is 13.1. The quantitative estimate of drug-likeness (QED) is 0.880. The van der Waals surface area contributed by atoms with Gasteiger partial charge in [0.05, 0.1) is 16.9 Å². The van der Waals surface area contributed by atoms with Crippen LogP contribution in [-0.2, 0) is 0 Å². The van der Waals surface area contributed by atoms with Crippen LogP contribution in [0.5, 0.6) is 0 Å². The Labute approximate surface area is 121 Å². The molecule has 2 rings (SSSR count). The molecule has 1 N–H and O–H groups in total. The van der Waals surface area contributed by atoms with Gasteiger partial charge in [-0.1, -0.05) is 24.9 Å². The smallest absolute Gasteiger partial charge is 0.0820 e. The van der Waals surface area contributed by atoms with Crippen LogP contribution in [0.3, 0.4) is 0 Å². The molecule has 1 heterocycles. The molecule has 0 aromatic carbocycles. The zero-order chi connectivity index (χ0) is 13.8. The van der Waals surface area contributed by atoms with Crippen LogP contribution in [0.25, 0.3) is 0 Å². The van der Waals surface area contributed by atoms with Gasteiger partial charge in [-0.3, -0.25) is 4.68 Å². The summed E-state index contributed by atoms with van der Waals surface area (Å²) in [7, 11) is 0. The predicted octanol–water partition coefficient (Wildman–Crippen LogP) is 4.14. The molecule has 2 unspecified atom stereocenters. The summed E-state index contributed by atoms with van der Waals surface area (Å²) in [6, 6.07) is 1.02. The highest BCUT2D eigenvalue weighted by Gasteiger charge is 2.27. The first-order chi connectivity index (χ1) is 9.13. The van der Waals surface area contributed by atoms with Crippen LogP contribution in [0, 0.1) is 0 Å². The maximum atomic E-state index is 6.37. The van der Waals surface area contributed by atoms with E-state index in [0.29, 0.717) is 18.0 Å². The summed E-state index contributed by atoms with van der Waals surface area (Å²) >= 11 is 6.37. The highest BCUT2D eigenvalue weighted by molar-refractivity contribution is 6.31. The van der Waals surface area contributed by atoms with Crippen LogP contribution in [0.1, 0.15) is 70.5 Å². The van der Waals surface area contributed by atoms with E-state index in [1.807, 2.05) is 0 Å². The number of halogens is 1. The summed E-state index contributed by atoms with van der Waals surface area (Å²) < 4.78 is 2.11. The van der Waals surface area contributed by atoms with Gasteiger partial charge in [0.25, 0.3) is 0 Å². The lowest BCUT2D eigenvalue weighted by molar-refractivity contribution is 0.324.